The van der Waals surface area contributed by atoms with Crippen LogP contribution in [0.4, 0.5) is 0 Å². The number of carbonyl (C=O) groups is 1. The van der Waals surface area contributed by atoms with Crippen LogP contribution in [0.15, 0.2) is 22.7 Å². The highest BCUT2D eigenvalue weighted by molar-refractivity contribution is 9.10. The van der Waals surface area contributed by atoms with Crippen molar-refractivity contribution < 1.29 is 9.53 Å². The number of hydrogen-bond acceptors (Lipinski definition) is 2. The van der Waals surface area contributed by atoms with E-state index in [1.807, 2.05) is 18.2 Å². The fourth-order valence-electron chi connectivity index (χ4n) is 1.89. The van der Waals surface area contributed by atoms with E-state index in [2.05, 4.69) is 15.9 Å². The normalized spacial score (nSPS) is 21.6. The first-order valence-corrected chi connectivity index (χ1v) is 5.50. The van der Waals surface area contributed by atoms with Crippen molar-refractivity contribution in [2.45, 2.75) is 24.9 Å². The molecule has 1 aliphatic heterocycles. The van der Waals surface area contributed by atoms with Crippen LogP contribution < -0.4 is 4.74 Å². The molecule has 14 heavy (non-hydrogen) atoms. The summed E-state index contributed by atoms with van der Waals surface area (Å²) >= 11 is 3.45. The monoisotopic (exact) mass is 252 g/mol. The molecule has 0 aromatic heterocycles. The van der Waals surface area contributed by atoms with E-state index in [0.29, 0.717) is 6.42 Å². The zero-order valence-corrected chi connectivity index (χ0v) is 9.13. The van der Waals surface area contributed by atoms with Gasteiger partial charge in [-0.05, 0) is 34.8 Å². The van der Waals surface area contributed by atoms with Gasteiger partial charge in [-0.2, -0.15) is 0 Å². The molecule has 1 fully saturated rings. The molecule has 0 amide bonds. The van der Waals surface area contributed by atoms with Gasteiger partial charge in [-0.15, -0.1) is 0 Å². The third kappa shape index (κ3) is 1.05. The van der Waals surface area contributed by atoms with Gasteiger partial charge in [0.2, 0.25) is 0 Å². The maximum absolute atomic E-state index is 11.7. The number of ether oxygens (including phenoxy) is 1. The van der Waals surface area contributed by atoms with Crippen LogP contribution in [-0.2, 0) is 11.2 Å². The van der Waals surface area contributed by atoms with Crippen LogP contribution in [0.3, 0.4) is 0 Å². The maximum Gasteiger partial charge on any atom is 0.180 e. The summed E-state index contributed by atoms with van der Waals surface area (Å²) in [6.45, 7) is 0. The number of ketones is 1. The minimum Gasteiger partial charge on any atom is -0.478 e. The molecule has 1 spiro atoms. The Kier molecular flexibility index (Phi) is 1.57. The Morgan fingerprint density at radius 1 is 1.36 bits per heavy atom. The summed E-state index contributed by atoms with van der Waals surface area (Å²) in [4.78, 5) is 11.7. The molecule has 0 unspecified atom stereocenters. The largest absolute Gasteiger partial charge is 0.478 e. The van der Waals surface area contributed by atoms with Gasteiger partial charge >= 0.3 is 0 Å². The van der Waals surface area contributed by atoms with Gasteiger partial charge in [0.1, 0.15) is 5.75 Å². The molecule has 1 heterocycles. The molecule has 0 radical (unpaired) electrons. The summed E-state index contributed by atoms with van der Waals surface area (Å²) < 4.78 is 6.73. The lowest BCUT2D eigenvalue weighted by molar-refractivity contribution is -0.128. The molecule has 1 aliphatic carbocycles. The van der Waals surface area contributed by atoms with E-state index in [0.717, 1.165) is 28.6 Å². The zero-order valence-electron chi connectivity index (χ0n) is 7.55. The van der Waals surface area contributed by atoms with Crippen LogP contribution in [0.2, 0.25) is 0 Å². The summed E-state index contributed by atoms with van der Waals surface area (Å²) in [6, 6.07) is 5.84. The highest BCUT2D eigenvalue weighted by Gasteiger charge is 2.54. The second-order valence-electron chi connectivity index (χ2n) is 3.92. The lowest BCUT2D eigenvalue weighted by atomic mass is 10.00. The van der Waals surface area contributed by atoms with Crippen LogP contribution in [0.25, 0.3) is 0 Å². The molecule has 1 aromatic carbocycles. The van der Waals surface area contributed by atoms with Gasteiger partial charge in [0, 0.05) is 12.0 Å². The van der Waals surface area contributed by atoms with E-state index < -0.39 is 5.60 Å². The molecule has 3 heteroatoms. The smallest absolute Gasteiger partial charge is 0.180 e. The summed E-state index contributed by atoms with van der Waals surface area (Å²) in [5, 5.41) is 0. The minimum atomic E-state index is -0.448. The van der Waals surface area contributed by atoms with Crippen molar-refractivity contribution in [2.75, 3.05) is 0 Å². The van der Waals surface area contributed by atoms with Crippen molar-refractivity contribution in [3.8, 4) is 5.75 Å². The van der Waals surface area contributed by atoms with Gasteiger partial charge < -0.3 is 4.74 Å². The Bertz CT molecular complexity index is 421. The molecule has 1 saturated carbocycles. The summed E-state index contributed by atoms with van der Waals surface area (Å²) in [5.41, 5.74) is 0.554. The van der Waals surface area contributed by atoms with Crippen molar-refractivity contribution in [2.24, 2.45) is 0 Å². The SMILES string of the molecule is O=C1Cc2cccc(Br)c2OC12CC2. The number of halogens is 1. The average molecular weight is 253 g/mol. The number of rotatable bonds is 0. The zero-order chi connectivity index (χ0) is 9.76. The Morgan fingerprint density at radius 2 is 2.14 bits per heavy atom. The van der Waals surface area contributed by atoms with Crippen LogP contribution in [-0.4, -0.2) is 11.4 Å². The van der Waals surface area contributed by atoms with Crippen molar-refractivity contribution in [1.82, 2.24) is 0 Å². The average Bonchev–Trinajstić information content (AvgIpc) is 2.91. The van der Waals surface area contributed by atoms with E-state index in [9.17, 15) is 4.79 Å². The van der Waals surface area contributed by atoms with Crippen LogP contribution in [0.5, 0.6) is 5.75 Å². The lowest BCUT2D eigenvalue weighted by Crippen LogP contribution is -2.35. The van der Waals surface area contributed by atoms with E-state index in [-0.39, 0.29) is 5.78 Å². The standard InChI is InChI=1S/C11H9BrO2/c12-8-3-1-2-7-6-9(13)11(4-5-11)14-10(7)8/h1-3H,4-6H2. The summed E-state index contributed by atoms with van der Waals surface area (Å²) in [5.74, 6) is 1.10. The predicted octanol–water partition coefficient (Wildman–Crippen LogP) is 2.49. The molecule has 72 valence electrons. The molecular formula is C11H9BrO2. The van der Waals surface area contributed by atoms with Gasteiger partial charge in [0.25, 0.3) is 0 Å². The first-order valence-electron chi connectivity index (χ1n) is 4.71. The molecule has 0 atom stereocenters. The molecule has 0 bridgehead atoms. The summed E-state index contributed by atoms with van der Waals surface area (Å²) in [7, 11) is 0. The minimum absolute atomic E-state index is 0.239. The highest BCUT2D eigenvalue weighted by atomic mass is 79.9. The number of fused-ring (bicyclic) bond motifs is 1. The third-order valence-corrected chi connectivity index (χ3v) is 3.53. The quantitative estimate of drug-likeness (QED) is 0.710. The second kappa shape index (κ2) is 2.60. The Hall–Kier alpha value is -0.830. The lowest BCUT2D eigenvalue weighted by Gasteiger charge is -2.25. The Labute approximate surface area is 90.4 Å². The molecule has 1 aromatic rings. The van der Waals surface area contributed by atoms with Gasteiger partial charge in [-0.25, -0.2) is 0 Å². The molecule has 2 aliphatic rings. The molecule has 2 nitrogen and oxygen atoms in total. The molecular weight excluding hydrogens is 244 g/mol. The van der Waals surface area contributed by atoms with Crippen LogP contribution in [0, 0.1) is 0 Å². The van der Waals surface area contributed by atoms with Crippen LogP contribution in [0.1, 0.15) is 18.4 Å². The fraction of sp³-hybridized carbons (Fsp3) is 0.364. The topological polar surface area (TPSA) is 26.3 Å². The number of hydrogen-bond donors (Lipinski definition) is 0. The van der Waals surface area contributed by atoms with Gasteiger partial charge in [0.15, 0.2) is 11.4 Å². The molecule has 3 rings (SSSR count). The predicted molar refractivity (Wildman–Crippen MR) is 55.4 cm³/mol. The van der Waals surface area contributed by atoms with Gasteiger partial charge in [-0.3, -0.25) is 4.79 Å². The van der Waals surface area contributed by atoms with Crippen molar-refractivity contribution in [3.63, 3.8) is 0 Å². The summed E-state index contributed by atoms with van der Waals surface area (Å²) in [6.07, 6.45) is 2.29. The maximum atomic E-state index is 11.7. The van der Waals surface area contributed by atoms with Crippen molar-refractivity contribution >= 4 is 21.7 Å². The van der Waals surface area contributed by atoms with E-state index in [1.165, 1.54) is 0 Å². The molecule has 0 saturated heterocycles. The first kappa shape index (κ1) is 8.48. The number of carbonyl (C=O) groups excluding carboxylic acids is 1. The third-order valence-electron chi connectivity index (χ3n) is 2.91. The Balaban J connectivity index is 2.11. The van der Waals surface area contributed by atoms with Gasteiger partial charge in [0.05, 0.1) is 4.47 Å². The fourth-order valence-corrected chi connectivity index (χ4v) is 2.38. The highest BCUT2D eigenvalue weighted by Crippen LogP contribution is 2.48. The van der Waals surface area contributed by atoms with Crippen LogP contribution >= 0.6 is 15.9 Å². The Morgan fingerprint density at radius 3 is 2.86 bits per heavy atom. The first-order chi connectivity index (χ1) is 6.71. The van der Waals surface area contributed by atoms with Gasteiger partial charge in [-0.1, -0.05) is 12.1 Å². The van der Waals surface area contributed by atoms with Crippen molar-refractivity contribution in [3.05, 3.63) is 28.2 Å². The van der Waals surface area contributed by atoms with E-state index in [1.54, 1.807) is 0 Å². The van der Waals surface area contributed by atoms with Crippen molar-refractivity contribution in [1.29, 1.82) is 0 Å². The van der Waals surface area contributed by atoms with E-state index >= 15 is 0 Å². The number of benzene rings is 1. The number of Topliss-reactive ketones (excluding diaryl/α,β-unsaturated/α-hetero) is 1. The van der Waals surface area contributed by atoms with E-state index in [4.69, 9.17) is 4.74 Å². The second-order valence-corrected chi connectivity index (χ2v) is 4.78. The number of para-hydroxylation sites is 1. The molecule has 0 N–H and O–H groups in total.